The van der Waals surface area contributed by atoms with Crippen molar-refractivity contribution in [2.75, 3.05) is 0 Å². The second-order valence-corrected chi connectivity index (χ2v) is 8.73. The number of aromatic nitrogens is 4. The molecule has 0 aliphatic carbocycles. The lowest BCUT2D eigenvalue weighted by Gasteiger charge is -2.38. The molecule has 0 aliphatic rings. The fraction of sp³-hybridized carbons (Fsp3) is 0.292. The van der Waals surface area contributed by atoms with E-state index in [4.69, 9.17) is 0 Å². The number of aromatic amines is 1. The highest BCUT2D eigenvalue weighted by atomic mass is 19.4. The van der Waals surface area contributed by atoms with Crippen LogP contribution in [0.3, 0.4) is 0 Å². The fourth-order valence-electron chi connectivity index (χ4n) is 4.11. The van der Waals surface area contributed by atoms with Crippen LogP contribution in [0.1, 0.15) is 31.5 Å². The predicted octanol–water partition coefficient (Wildman–Crippen LogP) is 5.22. The van der Waals surface area contributed by atoms with Crippen LogP contribution in [0, 0.1) is 0 Å². The topological polar surface area (TPSA) is 74.7 Å². The molecule has 4 aromatic rings. The normalized spacial score (nSPS) is 14.4. The van der Waals surface area contributed by atoms with E-state index < -0.39 is 30.0 Å². The number of fused-ring (bicyclic) bond motifs is 1. The molecule has 0 aliphatic heterocycles. The summed E-state index contributed by atoms with van der Waals surface area (Å²) in [5.74, 6) is 0. The Bertz CT molecular complexity index is 1190. The van der Waals surface area contributed by atoms with Crippen molar-refractivity contribution in [1.29, 1.82) is 0 Å². The van der Waals surface area contributed by atoms with Gasteiger partial charge in [0, 0.05) is 53.4 Å². The standard InChI is InChI=1S/C24H23F3N4O/c1-22(2,19-5-3-4-16(8-19)18-12-29-15-30-13-18)14-23(32,24(25,26)27)10-20-9-17-11-28-7-6-21(17)31-20/h3-9,11-13,15,31-32H,10,14H2,1-2H3. The molecule has 0 amide bonds. The first-order valence-corrected chi connectivity index (χ1v) is 10.1. The summed E-state index contributed by atoms with van der Waals surface area (Å²) >= 11 is 0. The van der Waals surface area contributed by atoms with Gasteiger partial charge in [-0.1, -0.05) is 38.1 Å². The predicted molar refractivity (Wildman–Crippen MR) is 116 cm³/mol. The summed E-state index contributed by atoms with van der Waals surface area (Å²) in [7, 11) is 0. The van der Waals surface area contributed by atoms with E-state index in [9.17, 15) is 18.3 Å². The molecule has 8 heteroatoms. The molecule has 32 heavy (non-hydrogen) atoms. The van der Waals surface area contributed by atoms with E-state index in [1.54, 1.807) is 62.9 Å². The Morgan fingerprint density at radius 3 is 2.38 bits per heavy atom. The average Bonchev–Trinajstić information content (AvgIpc) is 3.15. The molecule has 0 spiro atoms. The van der Waals surface area contributed by atoms with Gasteiger partial charge in [-0.15, -0.1) is 0 Å². The molecule has 5 nitrogen and oxygen atoms in total. The zero-order valence-electron chi connectivity index (χ0n) is 17.7. The smallest absolute Gasteiger partial charge is 0.380 e. The molecule has 4 rings (SSSR count). The zero-order chi connectivity index (χ0) is 23.0. The average molecular weight is 440 g/mol. The monoisotopic (exact) mass is 440 g/mol. The van der Waals surface area contributed by atoms with E-state index in [0.29, 0.717) is 22.2 Å². The van der Waals surface area contributed by atoms with Crippen LogP contribution in [0.25, 0.3) is 22.0 Å². The minimum absolute atomic E-state index is 0.304. The molecular weight excluding hydrogens is 417 g/mol. The summed E-state index contributed by atoms with van der Waals surface area (Å²) in [6, 6.07) is 10.5. The van der Waals surface area contributed by atoms with E-state index in [1.807, 2.05) is 12.1 Å². The molecule has 0 radical (unpaired) electrons. The maximum Gasteiger partial charge on any atom is 0.417 e. The third-order valence-corrected chi connectivity index (χ3v) is 5.76. The Balaban J connectivity index is 1.66. The number of H-pyrrole nitrogens is 1. The number of nitrogens with zero attached hydrogens (tertiary/aromatic N) is 3. The SMILES string of the molecule is CC(C)(CC(O)(Cc1cc2cnccc2[nH]1)C(F)(F)F)c1cccc(-c2cncnc2)c1. The summed E-state index contributed by atoms with van der Waals surface area (Å²) in [5.41, 5.74) is -0.657. The molecule has 0 saturated heterocycles. The molecule has 1 unspecified atom stereocenters. The van der Waals surface area contributed by atoms with Crippen LogP contribution in [0.2, 0.25) is 0 Å². The highest BCUT2D eigenvalue weighted by molar-refractivity contribution is 5.79. The maximum absolute atomic E-state index is 14.1. The Morgan fingerprint density at radius 2 is 1.69 bits per heavy atom. The van der Waals surface area contributed by atoms with Crippen molar-refractivity contribution < 1.29 is 18.3 Å². The molecular formula is C24H23F3N4O. The lowest BCUT2D eigenvalue weighted by Crippen LogP contribution is -2.50. The van der Waals surface area contributed by atoms with Gasteiger partial charge >= 0.3 is 6.18 Å². The minimum atomic E-state index is -4.81. The molecule has 2 N–H and O–H groups in total. The largest absolute Gasteiger partial charge is 0.417 e. The van der Waals surface area contributed by atoms with Crippen LogP contribution in [0.15, 0.2) is 67.5 Å². The molecule has 0 fully saturated rings. The highest BCUT2D eigenvalue weighted by Crippen LogP contribution is 2.43. The first-order valence-electron chi connectivity index (χ1n) is 10.1. The Morgan fingerprint density at radius 1 is 0.938 bits per heavy atom. The van der Waals surface area contributed by atoms with Crippen LogP contribution in [0.4, 0.5) is 13.2 Å². The summed E-state index contributed by atoms with van der Waals surface area (Å²) in [6.45, 7) is 3.42. The fourth-order valence-corrected chi connectivity index (χ4v) is 4.11. The van der Waals surface area contributed by atoms with Gasteiger partial charge in [0.25, 0.3) is 0 Å². The number of alkyl halides is 3. The second-order valence-electron chi connectivity index (χ2n) is 8.73. The van der Waals surface area contributed by atoms with Crippen molar-refractivity contribution >= 4 is 10.9 Å². The lowest BCUT2D eigenvalue weighted by molar-refractivity contribution is -0.266. The molecule has 1 atom stereocenters. The maximum atomic E-state index is 14.1. The number of pyridine rings is 1. The zero-order valence-corrected chi connectivity index (χ0v) is 17.7. The van der Waals surface area contributed by atoms with E-state index in [-0.39, 0.29) is 0 Å². The Labute approximate surface area is 183 Å². The number of hydrogen-bond acceptors (Lipinski definition) is 4. The van der Waals surface area contributed by atoms with E-state index in [1.165, 1.54) is 6.33 Å². The third-order valence-electron chi connectivity index (χ3n) is 5.76. The van der Waals surface area contributed by atoms with Gasteiger partial charge in [-0.2, -0.15) is 13.2 Å². The van der Waals surface area contributed by atoms with Crippen LogP contribution in [-0.2, 0) is 11.8 Å². The molecule has 1 aromatic carbocycles. The lowest BCUT2D eigenvalue weighted by atomic mass is 9.73. The van der Waals surface area contributed by atoms with Gasteiger partial charge < -0.3 is 10.1 Å². The van der Waals surface area contributed by atoms with Crippen LogP contribution < -0.4 is 0 Å². The number of hydrogen-bond donors (Lipinski definition) is 2. The van der Waals surface area contributed by atoms with E-state index in [0.717, 1.165) is 11.1 Å². The molecule has 3 heterocycles. The summed E-state index contributed by atoms with van der Waals surface area (Å²) in [6.07, 6.45) is 1.95. The van der Waals surface area contributed by atoms with Gasteiger partial charge in [0.05, 0.1) is 0 Å². The van der Waals surface area contributed by atoms with E-state index in [2.05, 4.69) is 19.9 Å². The number of halogens is 3. The van der Waals surface area contributed by atoms with Gasteiger partial charge in [0.1, 0.15) is 6.33 Å². The summed E-state index contributed by atoms with van der Waals surface area (Å²) in [4.78, 5) is 15.0. The number of nitrogens with one attached hydrogen (secondary N) is 1. The van der Waals surface area contributed by atoms with Crippen molar-refractivity contribution in [3.63, 3.8) is 0 Å². The van der Waals surface area contributed by atoms with Gasteiger partial charge in [-0.3, -0.25) is 4.98 Å². The number of benzene rings is 1. The highest BCUT2D eigenvalue weighted by Gasteiger charge is 2.56. The summed E-state index contributed by atoms with van der Waals surface area (Å²) in [5, 5.41) is 11.6. The first kappa shape index (κ1) is 22.0. The van der Waals surface area contributed by atoms with Gasteiger partial charge in [-0.25, -0.2) is 9.97 Å². The van der Waals surface area contributed by atoms with Crippen molar-refractivity contribution in [3.05, 3.63) is 78.8 Å². The number of rotatable bonds is 6. The van der Waals surface area contributed by atoms with Crippen molar-refractivity contribution in [1.82, 2.24) is 19.9 Å². The van der Waals surface area contributed by atoms with Crippen LogP contribution in [0.5, 0.6) is 0 Å². The molecule has 0 saturated carbocycles. The Hall–Kier alpha value is -3.26. The van der Waals surface area contributed by atoms with Crippen molar-refractivity contribution in [3.8, 4) is 11.1 Å². The van der Waals surface area contributed by atoms with Gasteiger partial charge in [0.2, 0.25) is 0 Å². The van der Waals surface area contributed by atoms with Crippen molar-refractivity contribution in [2.24, 2.45) is 0 Å². The third kappa shape index (κ3) is 4.36. The van der Waals surface area contributed by atoms with Crippen LogP contribution >= 0.6 is 0 Å². The van der Waals surface area contributed by atoms with Crippen molar-refractivity contribution in [2.45, 2.75) is 43.9 Å². The Kier molecular flexibility index (Phi) is 5.50. The van der Waals surface area contributed by atoms with Gasteiger partial charge in [0.15, 0.2) is 5.60 Å². The molecule has 0 bridgehead atoms. The molecule has 166 valence electrons. The van der Waals surface area contributed by atoms with Gasteiger partial charge in [-0.05, 0) is 35.1 Å². The molecule has 3 aromatic heterocycles. The first-order chi connectivity index (χ1) is 15.1. The number of aliphatic hydroxyl groups is 1. The quantitative estimate of drug-likeness (QED) is 0.431. The summed E-state index contributed by atoms with van der Waals surface area (Å²) < 4.78 is 42.4. The minimum Gasteiger partial charge on any atom is -0.380 e. The van der Waals surface area contributed by atoms with E-state index >= 15 is 0 Å². The van der Waals surface area contributed by atoms with Crippen LogP contribution in [-0.4, -0.2) is 36.8 Å². The second kappa shape index (κ2) is 8.02.